The topological polar surface area (TPSA) is 119 Å². The predicted molar refractivity (Wildman–Crippen MR) is 82.8 cm³/mol. The van der Waals surface area contributed by atoms with Crippen LogP contribution in [0.25, 0.3) is 0 Å². The minimum Gasteiger partial charge on any atom is -0.366 e. The van der Waals surface area contributed by atoms with Gasteiger partial charge < -0.3 is 16.0 Å². The number of nitrogens with one attached hydrogen (secondary N) is 1. The molecule has 0 spiro atoms. The summed E-state index contributed by atoms with van der Waals surface area (Å²) in [7, 11) is 1.56. The summed E-state index contributed by atoms with van der Waals surface area (Å²) in [5.74, 6) is -1.01. The van der Waals surface area contributed by atoms with Crippen molar-refractivity contribution in [1.29, 1.82) is 0 Å². The van der Waals surface area contributed by atoms with E-state index in [0.717, 1.165) is 6.07 Å². The highest BCUT2D eigenvalue weighted by Crippen LogP contribution is 2.28. The summed E-state index contributed by atoms with van der Waals surface area (Å²) in [6.45, 7) is 5.48. The van der Waals surface area contributed by atoms with E-state index in [1.54, 1.807) is 7.05 Å². The SMILES string of the molecule is CN(CC(=O)NC(C)(C)C)c1ccc(C(N)=O)cc1[N+](=O)[O-]. The van der Waals surface area contributed by atoms with E-state index in [9.17, 15) is 19.7 Å². The molecule has 8 nitrogen and oxygen atoms in total. The fourth-order valence-electron chi connectivity index (χ4n) is 1.90. The largest absolute Gasteiger partial charge is 0.366 e. The molecule has 0 saturated carbocycles. The van der Waals surface area contributed by atoms with Crippen molar-refractivity contribution in [2.45, 2.75) is 26.3 Å². The average molecular weight is 308 g/mol. The van der Waals surface area contributed by atoms with Gasteiger partial charge in [-0.2, -0.15) is 0 Å². The van der Waals surface area contributed by atoms with Gasteiger partial charge in [0.1, 0.15) is 5.69 Å². The zero-order valence-electron chi connectivity index (χ0n) is 13.0. The first-order chi connectivity index (χ1) is 10.0. The molecule has 0 fully saturated rings. The summed E-state index contributed by atoms with van der Waals surface area (Å²) in [6, 6.07) is 3.90. The first kappa shape index (κ1) is 17.4. The molecular weight excluding hydrogens is 288 g/mol. The molecule has 0 unspecified atom stereocenters. The number of primary amides is 1. The van der Waals surface area contributed by atoms with Crippen LogP contribution in [-0.4, -0.2) is 35.9 Å². The van der Waals surface area contributed by atoms with E-state index in [1.165, 1.54) is 17.0 Å². The number of nitro groups is 1. The summed E-state index contributed by atoms with van der Waals surface area (Å²) in [5, 5.41) is 13.9. The minimum absolute atomic E-state index is 0.0444. The van der Waals surface area contributed by atoms with E-state index in [2.05, 4.69) is 5.32 Å². The van der Waals surface area contributed by atoms with Crippen molar-refractivity contribution in [3.05, 3.63) is 33.9 Å². The van der Waals surface area contributed by atoms with Crippen LogP contribution in [-0.2, 0) is 4.79 Å². The molecule has 8 heteroatoms. The summed E-state index contributed by atoms with van der Waals surface area (Å²) < 4.78 is 0. The third kappa shape index (κ3) is 4.72. The Morgan fingerprint density at radius 3 is 2.41 bits per heavy atom. The van der Waals surface area contributed by atoms with Crippen molar-refractivity contribution in [2.75, 3.05) is 18.5 Å². The predicted octanol–water partition coefficient (Wildman–Crippen LogP) is 1.04. The highest BCUT2D eigenvalue weighted by Gasteiger charge is 2.22. The second kappa shape index (κ2) is 6.42. The van der Waals surface area contributed by atoms with Gasteiger partial charge in [0.2, 0.25) is 11.8 Å². The monoisotopic (exact) mass is 308 g/mol. The zero-order chi connectivity index (χ0) is 17.1. The average Bonchev–Trinajstić information content (AvgIpc) is 2.35. The highest BCUT2D eigenvalue weighted by atomic mass is 16.6. The number of hydrogen-bond donors (Lipinski definition) is 2. The molecule has 2 amide bonds. The van der Waals surface area contributed by atoms with Crippen molar-refractivity contribution in [3.8, 4) is 0 Å². The van der Waals surface area contributed by atoms with Gasteiger partial charge in [0.05, 0.1) is 11.5 Å². The molecule has 1 rings (SSSR count). The summed E-state index contributed by atoms with van der Waals surface area (Å²) in [4.78, 5) is 35.0. The Bertz CT molecular complexity index is 607. The van der Waals surface area contributed by atoms with Crippen molar-refractivity contribution in [2.24, 2.45) is 5.73 Å². The summed E-state index contributed by atoms with van der Waals surface area (Å²) in [5.41, 5.74) is 4.73. The van der Waals surface area contributed by atoms with E-state index in [-0.39, 0.29) is 34.9 Å². The van der Waals surface area contributed by atoms with E-state index in [1.807, 2.05) is 20.8 Å². The molecule has 3 N–H and O–H groups in total. The Hall–Kier alpha value is -2.64. The second-order valence-electron chi connectivity index (χ2n) is 5.98. The van der Waals surface area contributed by atoms with Gasteiger partial charge in [0, 0.05) is 24.2 Å². The normalized spacial score (nSPS) is 10.9. The number of carbonyl (C=O) groups is 2. The molecule has 0 saturated heterocycles. The molecule has 1 aromatic rings. The Morgan fingerprint density at radius 1 is 1.36 bits per heavy atom. The molecule has 1 aromatic carbocycles. The van der Waals surface area contributed by atoms with Gasteiger partial charge >= 0.3 is 0 Å². The van der Waals surface area contributed by atoms with Crippen LogP contribution in [0.2, 0.25) is 0 Å². The van der Waals surface area contributed by atoms with Crippen molar-refractivity contribution < 1.29 is 14.5 Å². The minimum atomic E-state index is -0.747. The standard InChI is InChI=1S/C14H20N4O4/c1-14(2,3)16-12(19)8-17(4)10-6-5-9(13(15)20)7-11(10)18(21)22/h5-7H,8H2,1-4H3,(H2,15,20)(H,16,19). The fourth-order valence-corrected chi connectivity index (χ4v) is 1.90. The van der Waals surface area contributed by atoms with Crippen LogP contribution < -0.4 is 16.0 Å². The third-order valence-corrected chi connectivity index (χ3v) is 2.76. The smallest absolute Gasteiger partial charge is 0.293 e. The molecule has 120 valence electrons. The molecular formula is C14H20N4O4. The maximum atomic E-state index is 11.9. The first-order valence-corrected chi connectivity index (χ1v) is 6.61. The van der Waals surface area contributed by atoms with E-state index in [4.69, 9.17) is 5.73 Å². The van der Waals surface area contributed by atoms with Crippen LogP contribution in [0.4, 0.5) is 11.4 Å². The number of benzene rings is 1. The molecule has 0 aliphatic carbocycles. The maximum Gasteiger partial charge on any atom is 0.293 e. The van der Waals surface area contributed by atoms with Crippen molar-refractivity contribution >= 4 is 23.2 Å². The zero-order valence-corrected chi connectivity index (χ0v) is 13.0. The van der Waals surface area contributed by atoms with Gasteiger partial charge in [-0.1, -0.05) is 0 Å². The van der Waals surface area contributed by atoms with Gasteiger partial charge in [-0.25, -0.2) is 0 Å². The lowest BCUT2D eigenvalue weighted by Gasteiger charge is -2.24. The lowest BCUT2D eigenvalue weighted by atomic mass is 10.1. The van der Waals surface area contributed by atoms with Crippen LogP contribution in [0.3, 0.4) is 0 Å². The number of carbonyl (C=O) groups excluding carboxylic acids is 2. The van der Waals surface area contributed by atoms with Gasteiger partial charge in [0.15, 0.2) is 0 Å². The Kier molecular flexibility index (Phi) is 5.08. The number of nitrogens with two attached hydrogens (primary N) is 1. The summed E-state index contributed by atoms with van der Waals surface area (Å²) >= 11 is 0. The third-order valence-electron chi connectivity index (χ3n) is 2.76. The van der Waals surface area contributed by atoms with Crippen LogP contribution in [0.15, 0.2) is 18.2 Å². The number of nitrogens with zero attached hydrogens (tertiary/aromatic N) is 2. The van der Waals surface area contributed by atoms with Crippen molar-refractivity contribution in [1.82, 2.24) is 5.32 Å². The molecule has 0 radical (unpaired) electrons. The van der Waals surface area contributed by atoms with Crippen LogP contribution >= 0.6 is 0 Å². The molecule has 0 aliphatic rings. The van der Waals surface area contributed by atoms with Crippen molar-refractivity contribution in [3.63, 3.8) is 0 Å². The van der Waals surface area contributed by atoms with E-state index >= 15 is 0 Å². The lowest BCUT2D eigenvalue weighted by molar-refractivity contribution is -0.384. The molecule has 22 heavy (non-hydrogen) atoms. The molecule has 0 bridgehead atoms. The number of amides is 2. The van der Waals surface area contributed by atoms with Crippen LogP contribution in [0.1, 0.15) is 31.1 Å². The van der Waals surface area contributed by atoms with E-state index in [0.29, 0.717) is 0 Å². The molecule has 0 aliphatic heterocycles. The molecule has 0 atom stereocenters. The highest BCUT2D eigenvalue weighted by molar-refractivity contribution is 5.94. The number of nitro benzene ring substituents is 1. The van der Waals surface area contributed by atoms with Gasteiger partial charge in [-0.05, 0) is 32.9 Å². The maximum absolute atomic E-state index is 11.9. The number of anilines is 1. The molecule has 0 aromatic heterocycles. The van der Waals surface area contributed by atoms with Crippen LogP contribution in [0, 0.1) is 10.1 Å². The van der Waals surface area contributed by atoms with Gasteiger partial charge in [0.25, 0.3) is 5.69 Å². The fraction of sp³-hybridized carbons (Fsp3) is 0.429. The first-order valence-electron chi connectivity index (χ1n) is 6.61. The number of rotatable bonds is 5. The Morgan fingerprint density at radius 2 is 1.95 bits per heavy atom. The Balaban J connectivity index is 3.02. The van der Waals surface area contributed by atoms with Gasteiger partial charge in [-0.15, -0.1) is 0 Å². The van der Waals surface area contributed by atoms with Crippen LogP contribution in [0.5, 0.6) is 0 Å². The molecule has 0 heterocycles. The second-order valence-corrected chi connectivity index (χ2v) is 5.98. The van der Waals surface area contributed by atoms with E-state index < -0.39 is 10.8 Å². The Labute approximate surface area is 128 Å². The number of likely N-dealkylation sites (N-methyl/N-ethyl adjacent to an activating group) is 1. The summed E-state index contributed by atoms with van der Waals surface area (Å²) in [6.07, 6.45) is 0. The lowest BCUT2D eigenvalue weighted by Crippen LogP contribution is -2.45. The van der Waals surface area contributed by atoms with Gasteiger partial charge in [-0.3, -0.25) is 19.7 Å². The number of hydrogen-bond acceptors (Lipinski definition) is 5. The quantitative estimate of drug-likeness (QED) is 0.622.